The first kappa shape index (κ1) is 34.2. The van der Waals surface area contributed by atoms with Gasteiger partial charge in [0.05, 0.1) is 36.1 Å². The number of carbonyl (C=O) groups is 2. The van der Waals surface area contributed by atoms with Crippen molar-refractivity contribution in [3.63, 3.8) is 0 Å². The van der Waals surface area contributed by atoms with Gasteiger partial charge in [0.15, 0.2) is 0 Å². The molecule has 2 heterocycles. The van der Waals surface area contributed by atoms with Gasteiger partial charge in [-0.3, -0.25) is 4.79 Å². The standard InChI is InChI=1S/C23H33F3N4O5S.2ClH/c1-16-19(15-28-9-5-6-10-28)30(12-11-29(16)22(32)35-4)21(31)13-17-7-8-18(23(24,25)26)14-20(17)36(33,34)27(2)3;;/h7-8,14,16,19H,5-6,9-13,15H2,1-4H3;2*1H. The summed E-state index contributed by atoms with van der Waals surface area (Å²) in [6, 6.07) is 1.68. The van der Waals surface area contributed by atoms with Crippen LogP contribution in [0.15, 0.2) is 23.1 Å². The van der Waals surface area contributed by atoms with Crippen LogP contribution in [0.5, 0.6) is 0 Å². The summed E-state index contributed by atoms with van der Waals surface area (Å²) in [4.78, 5) is 30.6. The second-order valence-corrected chi connectivity index (χ2v) is 11.5. The van der Waals surface area contributed by atoms with E-state index in [0.717, 1.165) is 42.4 Å². The third kappa shape index (κ3) is 7.44. The number of halogens is 5. The van der Waals surface area contributed by atoms with E-state index in [1.54, 1.807) is 9.80 Å². The minimum atomic E-state index is -4.74. The van der Waals surface area contributed by atoms with Gasteiger partial charge >= 0.3 is 12.3 Å². The Morgan fingerprint density at radius 2 is 1.63 bits per heavy atom. The third-order valence-electron chi connectivity index (χ3n) is 6.90. The summed E-state index contributed by atoms with van der Waals surface area (Å²) >= 11 is 0. The zero-order chi connectivity index (χ0) is 26.8. The number of hydrogen-bond donors (Lipinski definition) is 0. The first-order valence-electron chi connectivity index (χ1n) is 11.8. The average molecular weight is 608 g/mol. The predicted molar refractivity (Wildman–Crippen MR) is 140 cm³/mol. The number of sulfonamides is 1. The Balaban J connectivity index is 0.00000361. The number of carbonyl (C=O) groups excluding carboxylic acids is 2. The Kier molecular flexibility index (Phi) is 12.2. The van der Waals surface area contributed by atoms with Crippen molar-refractivity contribution in [1.29, 1.82) is 0 Å². The van der Waals surface area contributed by atoms with Gasteiger partial charge in [-0.1, -0.05) is 6.07 Å². The van der Waals surface area contributed by atoms with Gasteiger partial charge < -0.3 is 19.4 Å². The summed E-state index contributed by atoms with van der Waals surface area (Å²) in [6.45, 7) is 4.52. The number of nitrogens with zero attached hydrogens (tertiary/aromatic N) is 4. The summed E-state index contributed by atoms with van der Waals surface area (Å²) in [5.41, 5.74) is -1.11. The number of benzene rings is 1. The molecule has 2 saturated heterocycles. The van der Waals surface area contributed by atoms with Gasteiger partial charge in [0.25, 0.3) is 0 Å². The largest absolute Gasteiger partial charge is 0.453 e. The van der Waals surface area contributed by atoms with Gasteiger partial charge in [-0.25, -0.2) is 17.5 Å². The summed E-state index contributed by atoms with van der Waals surface area (Å²) in [6.07, 6.45) is -3.55. The molecule has 15 heteroatoms. The fraction of sp³-hybridized carbons (Fsp3) is 0.652. The van der Waals surface area contributed by atoms with E-state index in [1.807, 2.05) is 6.92 Å². The van der Waals surface area contributed by atoms with Crippen LogP contribution >= 0.6 is 24.8 Å². The van der Waals surface area contributed by atoms with Crippen molar-refractivity contribution < 1.29 is 35.9 Å². The molecule has 0 aromatic heterocycles. The first-order chi connectivity index (χ1) is 16.8. The number of amides is 2. The van der Waals surface area contributed by atoms with Crippen LogP contribution in [-0.4, -0.2) is 105 Å². The van der Waals surface area contributed by atoms with Crippen LogP contribution in [0.3, 0.4) is 0 Å². The normalized spacial score (nSPS) is 20.6. The average Bonchev–Trinajstić information content (AvgIpc) is 3.32. The Morgan fingerprint density at radius 3 is 2.16 bits per heavy atom. The lowest BCUT2D eigenvalue weighted by Gasteiger charge is -2.47. The Labute approximate surface area is 234 Å². The zero-order valence-corrected chi connectivity index (χ0v) is 24.2. The van der Waals surface area contributed by atoms with Crippen LogP contribution in [-0.2, 0) is 32.2 Å². The summed E-state index contributed by atoms with van der Waals surface area (Å²) in [5, 5.41) is 0. The smallest absolute Gasteiger partial charge is 0.416 e. The molecule has 1 aromatic rings. The molecular weight excluding hydrogens is 572 g/mol. The quantitative estimate of drug-likeness (QED) is 0.494. The van der Waals surface area contributed by atoms with Gasteiger partial charge in [0, 0.05) is 33.7 Å². The molecule has 1 aromatic carbocycles. The van der Waals surface area contributed by atoms with Crippen LogP contribution in [0.4, 0.5) is 18.0 Å². The van der Waals surface area contributed by atoms with E-state index in [2.05, 4.69) is 4.90 Å². The van der Waals surface area contributed by atoms with Crippen molar-refractivity contribution in [2.24, 2.45) is 0 Å². The van der Waals surface area contributed by atoms with E-state index in [0.29, 0.717) is 12.6 Å². The highest BCUT2D eigenvalue weighted by atomic mass is 35.5. The highest BCUT2D eigenvalue weighted by Gasteiger charge is 2.40. The fourth-order valence-corrected chi connectivity index (χ4v) is 5.94. The van der Waals surface area contributed by atoms with Crippen LogP contribution in [0.1, 0.15) is 30.9 Å². The molecule has 0 bridgehead atoms. The van der Waals surface area contributed by atoms with E-state index in [1.165, 1.54) is 21.2 Å². The Bertz CT molecular complexity index is 1090. The van der Waals surface area contributed by atoms with Crippen LogP contribution in [0.2, 0.25) is 0 Å². The SMILES string of the molecule is COC(=O)N1CCN(C(=O)Cc2ccc(C(F)(F)F)cc2S(=O)(=O)N(C)C)C(CN2CCCC2)C1C.Cl.Cl. The highest BCUT2D eigenvalue weighted by Crippen LogP contribution is 2.33. The Morgan fingerprint density at radius 1 is 1.05 bits per heavy atom. The molecular formula is C23H35Cl2F3N4O5S. The maximum atomic E-state index is 13.5. The van der Waals surface area contributed by atoms with E-state index in [-0.39, 0.29) is 62.0 Å². The van der Waals surface area contributed by atoms with Crippen molar-refractivity contribution in [2.45, 2.75) is 49.3 Å². The van der Waals surface area contributed by atoms with E-state index in [9.17, 15) is 31.2 Å². The van der Waals surface area contributed by atoms with Crippen molar-refractivity contribution in [3.05, 3.63) is 29.3 Å². The molecule has 0 saturated carbocycles. The van der Waals surface area contributed by atoms with Crippen molar-refractivity contribution in [1.82, 2.24) is 19.0 Å². The van der Waals surface area contributed by atoms with E-state index in [4.69, 9.17) is 4.74 Å². The van der Waals surface area contributed by atoms with Crippen molar-refractivity contribution in [2.75, 3.05) is 53.9 Å². The highest BCUT2D eigenvalue weighted by molar-refractivity contribution is 7.89. The molecule has 2 atom stereocenters. The molecule has 2 aliphatic rings. The predicted octanol–water partition coefficient (Wildman–Crippen LogP) is 3.11. The molecule has 2 unspecified atom stereocenters. The maximum Gasteiger partial charge on any atom is 0.416 e. The van der Waals surface area contributed by atoms with Gasteiger partial charge in [0.1, 0.15) is 0 Å². The summed E-state index contributed by atoms with van der Waals surface area (Å²) in [7, 11) is -0.511. The third-order valence-corrected chi connectivity index (χ3v) is 8.80. The minimum absolute atomic E-state index is 0. The number of likely N-dealkylation sites (tertiary alicyclic amines) is 1. The molecule has 2 fully saturated rings. The van der Waals surface area contributed by atoms with Gasteiger partial charge in [-0.05, 0) is 50.6 Å². The second-order valence-electron chi connectivity index (χ2n) is 9.35. The zero-order valence-electron chi connectivity index (χ0n) is 21.7. The number of ether oxygens (including phenoxy) is 1. The lowest BCUT2D eigenvalue weighted by atomic mass is 10.0. The van der Waals surface area contributed by atoms with Gasteiger partial charge in [-0.15, -0.1) is 24.8 Å². The molecule has 0 radical (unpaired) electrons. The van der Waals surface area contributed by atoms with Crippen molar-refractivity contribution in [3.8, 4) is 0 Å². The number of rotatable bonds is 6. The lowest BCUT2D eigenvalue weighted by Crippen LogP contribution is -2.64. The molecule has 0 aliphatic carbocycles. The topological polar surface area (TPSA) is 90.5 Å². The summed E-state index contributed by atoms with van der Waals surface area (Å²) < 4.78 is 71.4. The summed E-state index contributed by atoms with van der Waals surface area (Å²) in [5.74, 6) is -0.412. The van der Waals surface area contributed by atoms with E-state index < -0.39 is 38.7 Å². The second kappa shape index (κ2) is 13.5. The number of hydrogen-bond acceptors (Lipinski definition) is 6. The molecule has 0 spiro atoms. The van der Waals surface area contributed by atoms with Gasteiger partial charge in [-0.2, -0.15) is 13.2 Å². The minimum Gasteiger partial charge on any atom is -0.453 e. The number of piperazine rings is 1. The first-order valence-corrected chi connectivity index (χ1v) is 13.2. The molecule has 2 amide bonds. The van der Waals surface area contributed by atoms with Crippen LogP contribution in [0.25, 0.3) is 0 Å². The molecule has 218 valence electrons. The lowest BCUT2D eigenvalue weighted by molar-refractivity contribution is -0.138. The maximum absolute atomic E-state index is 13.5. The van der Waals surface area contributed by atoms with E-state index >= 15 is 0 Å². The monoisotopic (exact) mass is 606 g/mol. The fourth-order valence-electron chi connectivity index (χ4n) is 4.80. The number of methoxy groups -OCH3 is 1. The molecule has 9 nitrogen and oxygen atoms in total. The number of alkyl halides is 3. The molecule has 3 rings (SSSR count). The molecule has 38 heavy (non-hydrogen) atoms. The van der Waals surface area contributed by atoms with Crippen molar-refractivity contribution >= 4 is 46.8 Å². The van der Waals surface area contributed by atoms with Crippen LogP contribution < -0.4 is 0 Å². The van der Waals surface area contributed by atoms with Crippen LogP contribution in [0, 0.1) is 0 Å². The molecule has 2 aliphatic heterocycles. The Hall–Kier alpha value is -1.80. The molecule has 0 N–H and O–H groups in total. The van der Waals surface area contributed by atoms with Gasteiger partial charge in [0.2, 0.25) is 15.9 Å².